The summed E-state index contributed by atoms with van der Waals surface area (Å²) in [6, 6.07) is 0.0364. The Bertz CT molecular complexity index is 347. The van der Waals surface area contributed by atoms with Crippen LogP contribution in [0.5, 0.6) is 0 Å². The predicted octanol–water partition coefficient (Wildman–Crippen LogP) is 1.40. The average Bonchev–Trinajstić information content (AvgIpc) is 2.91. The number of carboxylic acids is 1. The third-order valence-electron chi connectivity index (χ3n) is 4.18. The van der Waals surface area contributed by atoms with E-state index in [1.54, 1.807) is 4.90 Å². The lowest BCUT2D eigenvalue weighted by Gasteiger charge is -2.34. The number of urea groups is 1. The van der Waals surface area contributed by atoms with Gasteiger partial charge in [-0.1, -0.05) is 0 Å². The standard InChI is InChI=1S/C14H24N2O4/c1-15(10-12-3-2-8-20-12)14(19)16-6-4-11(5-7-16)9-13(17)18/h11-12H,2-10H2,1H3,(H,17,18). The molecular formula is C14H24N2O4. The summed E-state index contributed by atoms with van der Waals surface area (Å²) >= 11 is 0. The van der Waals surface area contributed by atoms with Crippen molar-refractivity contribution in [3.8, 4) is 0 Å². The van der Waals surface area contributed by atoms with E-state index in [0.29, 0.717) is 19.6 Å². The highest BCUT2D eigenvalue weighted by atomic mass is 16.5. The molecule has 6 heteroatoms. The number of likely N-dealkylation sites (N-methyl/N-ethyl adjacent to an activating group) is 1. The van der Waals surface area contributed by atoms with Crippen molar-refractivity contribution in [2.45, 2.75) is 38.2 Å². The van der Waals surface area contributed by atoms with Crippen molar-refractivity contribution in [3.63, 3.8) is 0 Å². The molecule has 2 fully saturated rings. The van der Waals surface area contributed by atoms with Crippen molar-refractivity contribution >= 4 is 12.0 Å². The molecule has 20 heavy (non-hydrogen) atoms. The topological polar surface area (TPSA) is 70.1 Å². The number of carbonyl (C=O) groups is 2. The summed E-state index contributed by atoms with van der Waals surface area (Å²) in [5, 5.41) is 8.79. The maximum absolute atomic E-state index is 12.3. The number of hydrogen-bond acceptors (Lipinski definition) is 3. The third kappa shape index (κ3) is 4.10. The molecule has 2 aliphatic heterocycles. The molecule has 2 aliphatic rings. The van der Waals surface area contributed by atoms with Gasteiger partial charge in [-0.05, 0) is 31.6 Å². The highest BCUT2D eigenvalue weighted by molar-refractivity contribution is 5.74. The van der Waals surface area contributed by atoms with E-state index in [1.165, 1.54) is 0 Å². The first kappa shape index (κ1) is 15.1. The molecule has 0 spiro atoms. The second-order valence-electron chi connectivity index (χ2n) is 5.83. The fourth-order valence-corrected chi connectivity index (χ4v) is 2.99. The Morgan fingerprint density at radius 1 is 1.30 bits per heavy atom. The summed E-state index contributed by atoms with van der Waals surface area (Å²) in [6.07, 6.45) is 4.06. The van der Waals surface area contributed by atoms with Crippen LogP contribution < -0.4 is 0 Å². The first-order valence-electron chi connectivity index (χ1n) is 7.39. The SMILES string of the molecule is CN(CC1CCCO1)C(=O)N1CCC(CC(=O)O)CC1. The molecule has 0 aromatic carbocycles. The van der Waals surface area contributed by atoms with Crippen molar-refractivity contribution in [2.24, 2.45) is 5.92 Å². The van der Waals surface area contributed by atoms with Gasteiger partial charge in [0.15, 0.2) is 0 Å². The van der Waals surface area contributed by atoms with Gasteiger partial charge in [0.2, 0.25) is 0 Å². The normalized spacial score (nSPS) is 23.9. The quantitative estimate of drug-likeness (QED) is 0.847. The second-order valence-corrected chi connectivity index (χ2v) is 5.83. The molecular weight excluding hydrogens is 260 g/mol. The van der Waals surface area contributed by atoms with Crippen LogP contribution in [0.1, 0.15) is 32.1 Å². The molecule has 0 aliphatic carbocycles. The molecule has 0 aromatic heterocycles. The summed E-state index contributed by atoms with van der Waals surface area (Å²) in [5.74, 6) is -0.537. The minimum Gasteiger partial charge on any atom is -0.481 e. The average molecular weight is 284 g/mol. The van der Waals surface area contributed by atoms with Gasteiger partial charge in [0.1, 0.15) is 0 Å². The van der Waals surface area contributed by atoms with Gasteiger partial charge in [0.05, 0.1) is 6.10 Å². The largest absolute Gasteiger partial charge is 0.481 e. The van der Waals surface area contributed by atoms with E-state index >= 15 is 0 Å². The van der Waals surface area contributed by atoms with Crippen molar-refractivity contribution in [1.29, 1.82) is 0 Å². The van der Waals surface area contributed by atoms with E-state index in [1.807, 2.05) is 11.9 Å². The van der Waals surface area contributed by atoms with Gasteiger partial charge in [-0.2, -0.15) is 0 Å². The number of aliphatic carboxylic acids is 1. The number of carbonyl (C=O) groups excluding carboxylic acids is 1. The molecule has 6 nitrogen and oxygen atoms in total. The first-order chi connectivity index (χ1) is 9.56. The number of piperidine rings is 1. The Hall–Kier alpha value is -1.30. The van der Waals surface area contributed by atoms with Crippen LogP contribution in [0.3, 0.4) is 0 Å². The van der Waals surface area contributed by atoms with Crippen molar-refractivity contribution in [1.82, 2.24) is 9.80 Å². The first-order valence-corrected chi connectivity index (χ1v) is 7.39. The molecule has 2 heterocycles. The van der Waals surface area contributed by atoms with Crippen LogP contribution in [0, 0.1) is 5.92 Å². The van der Waals surface area contributed by atoms with E-state index in [9.17, 15) is 9.59 Å². The Morgan fingerprint density at radius 2 is 2.00 bits per heavy atom. The summed E-state index contributed by atoms with van der Waals surface area (Å²) in [5.41, 5.74) is 0. The Kier molecular flexibility index (Phi) is 5.23. The number of ether oxygens (including phenoxy) is 1. The predicted molar refractivity (Wildman–Crippen MR) is 73.5 cm³/mol. The molecule has 1 unspecified atom stereocenters. The lowest BCUT2D eigenvalue weighted by Crippen LogP contribution is -2.47. The molecule has 1 N–H and O–H groups in total. The van der Waals surface area contributed by atoms with Crippen molar-refractivity contribution in [3.05, 3.63) is 0 Å². The van der Waals surface area contributed by atoms with Gasteiger partial charge in [0.25, 0.3) is 0 Å². The van der Waals surface area contributed by atoms with E-state index in [-0.39, 0.29) is 24.5 Å². The zero-order valence-electron chi connectivity index (χ0n) is 12.1. The summed E-state index contributed by atoms with van der Waals surface area (Å²) in [4.78, 5) is 26.5. The van der Waals surface area contributed by atoms with Gasteiger partial charge >= 0.3 is 12.0 Å². The lowest BCUT2D eigenvalue weighted by molar-refractivity contribution is -0.138. The zero-order valence-corrected chi connectivity index (χ0v) is 12.1. The highest BCUT2D eigenvalue weighted by Crippen LogP contribution is 2.21. The summed E-state index contributed by atoms with van der Waals surface area (Å²) < 4.78 is 5.54. The molecule has 2 rings (SSSR count). The minimum absolute atomic E-state index is 0.0364. The minimum atomic E-state index is -0.745. The zero-order chi connectivity index (χ0) is 14.5. The molecule has 0 saturated carbocycles. The van der Waals surface area contributed by atoms with E-state index in [2.05, 4.69) is 0 Å². The fourth-order valence-electron chi connectivity index (χ4n) is 2.99. The fraction of sp³-hybridized carbons (Fsp3) is 0.857. The van der Waals surface area contributed by atoms with Crippen molar-refractivity contribution in [2.75, 3.05) is 33.3 Å². The van der Waals surface area contributed by atoms with Gasteiger partial charge in [-0.3, -0.25) is 4.79 Å². The molecule has 0 radical (unpaired) electrons. The van der Waals surface area contributed by atoms with E-state index < -0.39 is 5.97 Å². The second kappa shape index (κ2) is 6.92. The smallest absolute Gasteiger partial charge is 0.319 e. The van der Waals surface area contributed by atoms with Crippen LogP contribution in [-0.2, 0) is 9.53 Å². The van der Waals surface area contributed by atoms with E-state index in [4.69, 9.17) is 9.84 Å². The summed E-state index contributed by atoms with van der Waals surface area (Å²) in [6.45, 7) is 2.76. The molecule has 114 valence electrons. The molecule has 0 aromatic rings. The molecule has 2 saturated heterocycles. The Morgan fingerprint density at radius 3 is 2.55 bits per heavy atom. The molecule has 1 atom stereocenters. The number of amides is 2. The van der Waals surface area contributed by atoms with Gasteiger partial charge in [-0.15, -0.1) is 0 Å². The lowest BCUT2D eigenvalue weighted by atomic mass is 9.94. The summed E-state index contributed by atoms with van der Waals surface area (Å²) in [7, 11) is 1.81. The van der Waals surface area contributed by atoms with Crippen molar-refractivity contribution < 1.29 is 19.4 Å². The molecule has 2 amide bonds. The Balaban J connectivity index is 1.74. The number of nitrogens with zero attached hydrogens (tertiary/aromatic N) is 2. The van der Waals surface area contributed by atoms with Gasteiger partial charge in [0, 0.05) is 39.7 Å². The number of likely N-dealkylation sites (tertiary alicyclic amines) is 1. The monoisotopic (exact) mass is 284 g/mol. The van der Waals surface area contributed by atoms with E-state index in [0.717, 1.165) is 32.3 Å². The van der Waals surface area contributed by atoms with Gasteiger partial charge in [-0.25, -0.2) is 4.79 Å². The maximum Gasteiger partial charge on any atom is 0.319 e. The number of carboxylic acid groups (broad SMARTS) is 1. The van der Waals surface area contributed by atoms with Crippen LogP contribution in [0.2, 0.25) is 0 Å². The molecule has 0 bridgehead atoms. The Labute approximate surface area is 119 Å². The van der Waals surface area contributed by atoms with Crippen LogP contribution in [0.15, 0.2) is 0 Å². The van der Waals surface area contributed by atoms with Gasteiger partial charge < -0.3 is 19.6 Å². The number of rotatable bonds is 4. The van der Waals surface area contributed by atoms with Crippen LogP contribution >= 0.6 is 0 Å². The maximum atomic E-state index is 12.3. The van der Waals surface area contributed by atoms with Crippen LogP contribution in [0.4, 0.5) is 4.79 Å². The highest BCUT2D eigenvalue weighted by Gasteiger charge is 2.27. The van der Waals surface area contributed by atoms with Crippen LogP contribution in [-0.4, -0.2) is 66.3 Å². The van der Waals surface area contributed by atoms with Crippen LogP contribution in [0.25, 0.3) is 0 Å². The number of hydrogen-bond donors (Lipinski definition) is 1. The third-order valence-corrected chi connectivity index (χ3v) is 4.18.